The third-order valence-electron chi connectivity index (χ3n) is 5.95. The molecule has 9 nitrogen and oxygen atoms in total. The Morgan fingerprint density at radius 3 is 2.78 bits per heavy atom. The summed E-state index contributed by atoms with van der Waals surface area (Å²) in [5, 5.41) is 22.2. The number of carbonyl (C=O) groups excluding carboxylic acids is 2. The normalized spacial score (nSPS) is 17.5. The first kappa shape index (κ1) is 25.0. The van der Waals surface area contributed by atoms with Gasteiger partial charge in [-0.3, -0.25) is 14.5 Å². The number of benzene rings is 1. The van der Waals surface area contributed by atoms with Gasteiger partial charge in [0.05, 0.1) is 28.3 Å². The van der Waals surface area contributed by atoms with E-state index < -0.39 is 5.92 Å². The van der Waals surface area contributed by atoms with Crippen molar-refractivity contribution in [2.24, 2.45) is 5.73 Å². The van der Waals surface area contributed by atoms with Crippen molar-refractivity contribution in [1.82, 2.24) is 15.2 Å². The number of hydrogen-bond donors (Lipinski definition) is 2. The first-order valence-electron chi connectivity index (χ1n) is 11.3. The van der Waals surface area contributed by atoms with Gasteiger partial charge >= 0.3 is 0 Å². The van der Waals surface area contributed by atoms with E-state index in [1.165, 1.54) is 29.3 Å². The number of Topliss-reactive ketones (excluding diaryl/α,β-unsaturated/α-hetero) is 1. The van der Waals surface area contributed by atoms with Crippen LogP contribution >= 0.6 is 34.7 Å². The summed E-state index contributed by atoms with van der Waals surface area (Å²) in [5.41, 5.74) is 9.05. The van der Waals surface area contributed by atoms with Crippen LogP contribution in [0, 0.1) is 11.3 Å². The summed E-state index contributed by atoms with van der Waals surface area (Å²) >= 11 is 8.29. The van der Waals surface area contributed by atoms with Crippen molar-refractivity contribution in [1.29, 1.82) is 5.26 Å². The maximum atomic E-state index is 13.2. The number of halogens is 1. The summed E-state index contributed by atoms with van der Waals surface area (Å²) in [6.45, 7) is 0. The molecule has 1 unspecified atom stereocenters. The molecule has 1 aliphatic carbocycles. The third kappa shape index (κ3) is 5.09. The number of hydrogen-bond acceptors (Lipinski definition) is 10. The van der Waals surface area contributed by atoms with E-state index in [0.717, 1.165) is 11.3 Å². The van der Waals surface area contributed by atoms with E-state index in [-0.39, 0.29) is 23.3 Å². The van der Waals surface area contributed by atoms with Crippen molar-refractivity contribution in [3.63, 3.8) is 0 Å². The van der Waals surface area contributed by atoms with E-state index in [0.29, 0.717) is 50.7 Å². The number of thioether (sulfide) groups is 1. The Hall–Kier alpha value is -3.72. The van der Waals surface area contributed by atoms with Gasteiger partial charge in [0.1, 0.15) is 11.6 Å². The van der Waals surface area contributed by atoms with Gasteiger partial charge in [0.15, 0.2) is 10.1 Å². The highest BCUT2D eigenvalue weighted by atomic mass is 35.5. The Balaban J connectivity index is 1.40. The summed E-state index contributed by atoms with van der Waals surface area (Å²) in [6.07, 6.45) is 3.19. The van der Waals surface area contributed by atoms with Crippen molar-refractivity contribution >= 4 is 57.3 Å². The van der Waals surface area contributed by atoms with E-state index in [2.05, 4.69) is 26.6 Å². The van der Waals surface area contributed by atoms with Crippen LogP contribution in [0.5, 0.6) is 0 Å². The van der Waals surface area contributed by atoms with Gasteiger partial charge in [0.25, 0.3) is 0 Å². The van der Waals surface area contributed by atoms with Gasteiger partial charge in [-0.25, -0.2) is 4.98 Å². The first-order chi connectivity index (χ1) is 18.0. The highest BCUT2D eigenvalue weighted by Gasteiger charge is 2.41. The smallest absolute Gasteiger partial charge is 0.235 e. The van der Waals surface area contributed by atoms with Gasteiger partial charge in [-0.15, -0.1) is 10.2 Å². The second-order valence-electron chi connectivity index (χ2n) is 8.28. The summed E-state index contributed by atoms with van der Waals surface area (Å²) in [4.78, 5) is 31.2. The Morgan fingerprint density at radius 1 is 1.24 bits per heavy atom. The zero-order valence-electron chi connectivity index (χ0n) is 19.3. The Bertz CT molecular complexity index is 1460. The Kier molecular flexibility index (Phi) is 7.23. The molecule has 3 heterocycles. The van der Waals surface area contributed by atoms with Crippen LogP contribution in [-0.2, 0) is 9.59 Å². The molecule has 12 heteroatoms. The Morgan fingerprint density at radius 2 is 2.05 bits per heavy atom. The van der Waals surface area contributed by atoms with Gasteiger partial charge in [-0.05, 0) is 30.5 Å². The number of nitrogens with two attached hydrogens (primary N) is 1. The number of allylic oxidation sites excluding steroid dienone is 3. The zero-order chi connectivity index (χ0) is 25.9. The lowest BCUT2D eigenvalue weighted by Crippen LogP contribution is -2.38. The molecule has 2 aliphatic rings. The molecule has 186 valence electrons. The predicted octanol–water partition coefficient (Wildman–Crippen LogP) is 4.62. The number of nitrogens with zero attached hydrogens (tertiary/aromatic N) is 5. The summed E-state index contributed by atoms with van der Waals surface area (Å²) < 4.78 is 0.551. The lowest BCUT2D eigenvalue weighted by Gasteiger charge is -2.38. The van der Waals surface area contributed by atoms with Crippen molar-refractivity contribution in [3.8, 4) is 6.07 Å². The Labute approximate surface area is 226 Å². The zero-order valence-corrected chi connectivity index (χ0v) is 21.7. The predicted molar refractivity (Wildman–Crippen MR) is 143 cm³/mol. The molecule has 3 N–H and O–H groups in total. The van der Waals surface area contributed by atoms with E-state index >= 15 is 0 Å². The third-order valence-corrected chi connectivity index (χ3v) is 8.22. The van der Waals surface area contributed by atoms with E-state index in [9.17, 15) is 14.9 Å². The topological polar surface area (TPSA) is 138 Å². The van der Waals surface area contributed by atoms with E-state index in [1.807, 2.05) is 30.3 Å². The second-order valence-corrected chi connectivity index (χ2v) is 10.9. The molecule has 0 spiro atoms. The van der Waals surface area contributed by atoms with Crippen LogP contribution in [0.4, 0.5) is 10.9 Å². The monoisotopic (exact) mass is 549 g/mol. The summed E-state index contributed by atoms with van der Waals surface area (Å²) in [5.74, 6) is -0.0314. The largest absolute Gasteiger partial charge is 0.384 e. The lowest BCUT2D eigenvalue weighted by atomic mass is 9.76. The fourth-order valence-corrected chi connectivity index (χ4v) is 6.18. The fourth-order valence-electron chi connectivity index (χ4n) is 4.39. The SMILES string of the molecule is N#CC1=C(N)N(c2nnc(SCC(=O)Nc3ccc(Cl)cn3)s2)C2=C(C(=O)CCC2)C1c1ccccc1. The quantitative estimate of drug-likeness (QED) is 0.421. The van der Waals surface area contributed by atoms with Gasteiger partial charge in [0.2, 0.25) is 11.0 Å². The molecule has 0 bridgehead atoms. The molecule has 0 radical (unpaired) electrons. The molecule has 0 fully saturated rings. The molecular weight excluding hydrogens is 530 g/mol. The summed E-state index contributed by atoms with van der Waals surface area (Å²) in [7, 11) is 0. The van der Waals surface area contributed by atoms with E-state index in [1.54, 1.807) is 17.0 Å². The number of rotatable bonds is 6. The average molecular weight is 550 g/mol. The number of nitrogens with one attached hydrogen (secondary N) is 1. The lowest BCUT2D eigenvalue weighted by molar-refractivity contribution is -0.116. The fraction of sp³-hybridized carbons (Fsp3) is 0.200. The minimum absolute atomic E-state index is 0.00643. The van der Waals surface area contributed by atoms with Gasteiger partial charge in [0, 0.05) is 23.9 Å². The standard InChI is InChI=1S/C25H20ClN7O2S2/c26-15-9-10-19(29-12-15)30-20(35)13-36-25-32-31-24(37-25)33-17-7-4-8-18(34)22(17)21(16(11-27)23(33)28)14-5-2-1-3-6-14/h1-3,5-6,9-10,12,21H,4,7-8,13,28H2,(H,29,30,35). The van der Waals surface area contributed by atoms with E-state index in [4.69, 9.17) is 17.3 Å². The number of ketones is 1. The maximum Gasteiger partial charge on any atom is 0.235 e. The van der Waals surface area contributed by atoms with Crippen LogP contribution in [0.15, 0.2) is 75.7 Å². The van der Waals surface area contributed by atoms with Crippen LogP contribution in [0.25, 0.3) is 0 Å². The molecule has 3 aromatic rings. The molecule has 0 saturated heterocycles. The van der Waals surface area contributed by atoms with Gasteiger partial charge in [-0.2, -0.15) is 5.26 Å². The second kappa shape index (κ2) is 10.7. The number of anilines is 2. The number of carbonyl (C=O) groups is 2. The molecule has 1 aliphatic heterocycles. The van der Waals surface area contributed by atoms with Crippen molar-refractivity contribution < 1.29 is 9.59 Å². The highest BCUT2D eigenvalue weighted by molar-refractivity contribution is 8.01. The highest BCUT2D eigenvalue weighted by Crippen LogP contribution is 2.47. The van der Waals surface area contributed by atoms with Crippen LogP contribution < -0.4 is 16.0 Å². The number of nitriles is 1. The first-order valence-corrected chi connectivity index (χ1v) is 13.5. The minimum atomic E-state index is -0.516. The van der Waals surface area contributed by atoms with Crippen LogP contribution in [0.1, 0.15) is 30.7 Å². The van der Waals surface area contributed by atoms with Crippen LogP contribution in [0.2, 0.25) is 5.02 Å². The molecular formula is C25H20ClN7O2S2. The number of pyridine rings is 1. The average Bonchev–Trinajstić information content (AvgIpc) is 3.37. The number of amides is 1. The molecule has 37 heavy (non-hydrogen) atoms. The molecule has 0 saturated carbocycles. The maximum absolute atomic E-state index is 13.2. The molecule has 5 rings (SSSR count). The van der Waals surface area contributed by atoms with Gasteiger partial charge in [-0.1, -0.05) is 65.0 Å². The molecule has 2 aromatic heterocycles. The van der Waals surface area contributed by atoms with Crippen LogP contribution in [0.3, 0.4) is 0 Å². The minimum Gasteiger partial charge on any atom is -0.384 e. The summed E-state index contributed by atoms with van der Waals surface area (Å²) in [6, 6.07) is 15.0. The number of aromatic nitrogens is 3. The molecule has 1 amide bonds. The van der Waals surface area contributed by atoms with Crippen molar-refractivity contribution in [3.05, 3.63) is 81.9 Å². The molecule has 1 atom stereocenters. The van der Waals surface area contributed by atoms with Crippen LogP contribution in [-0.4, -0.2) is 32.6 Å². The van der Waals surface area contributed by atoms with Crippen molar-refractivity contribution in [2.45, 2.75) is 29.5 Å². The van der Waals surface area contributed by atoms with Crippen molar-refractivity contribution in [2.75, 3.05) is 16.0 Å². The van der Waals surface area contributed by atoms with Gasteiger partial charge < -0.3 is 11.1 Å². The molecule has 1 aromatic carbocycles.